The van der Waals surface area contributed by atoms with Gasteiger partial charge in [-0.3, -0.25) is 4.79 Å². The summed E-state index contributed by atoms with van der Waals surface area (Å²) in [5.41, 5.74) is 2.19. The number of carbonyl (C=O) groups is 1. The van der Waals surface area contributed by atoms with Crippen LogP contribution in [0.15, 0.2) is 48.5 Å². The van der Waals surface area contributed by atoms with Crippen LogP contribution in [0.1, 0.15) is 34.5 Å². The minimum atomic E-state index is -0.702. The maximum atomic E-state index is 11.2. The molecule has 0 bridgehead atoms. The van der Waals surface area contributed by atoms with Gasteiger partial charge in [-0.1, -0.05) is 36.4 Å². The number of Topliss-reactive ketones (excluding diaryl/α,β-unsaturated/α-hetero) is 1. The van der Waals surface area contributed by atoms with Crippen molar-refractivity contribution < 1.29 is 14.6 Å². The lowest BCUT2D eigenvalue weighted by Gasteiger charge is -2.12. The topological polar surface area (TPSA) is 46.5 Å². The number of hydrogen-bond acceptors (Lipinski definition) is 3. The first-order valence-corrected chi connectivity index (χ1v) is 6.04. The second-order valence-corrected chi connectivity index (χ2v) is 4.35. The van der Waals surface area contributed by atoms with Crippen LogP contribution in [0, 0.1) is 0 Å². The molecule has 98 valence electrons. The zero-order valence-electron chi connectivity index (χ0n) is 11.0. The highest BCUT2D eigenvalue weighted by molar-refractivity contribution is 5.94. The molecule has 0 aliphatic heterocycles. The Balaban J connectivity index is 2.22. The minimum absolute atomic E-state index is 0.0190. The van der Waals surface area contributed by atoms with E-state index >= 15 is 0 Å². The molecule has 3 nitrogen and oxygen atoms in total. The summed E-state index contributed by atoms with van der Waals surface area (Å²) in [7, 11) is 1.60. The number of ether oxygens (including phenoxy) is 1. The Hall–Kier alpha value is -2.13. The normalized spacial score (nSPS) is 11.9. The van der Waals surface area contributed by atoms with Gasteiger partial charge in [0.2, 0.25) is 0 Å². The van der Waals surface area contributed by atoms with E-state index in [0.717, 1.165) is 16.9 Å². The fraction of sp³-hybridized carbons (Fsp3) is 0.188. The minimum Gasteiger partial charge on any atom is -0.497 e. The Kier molecular flexibility index (Phi) is 3.97. The molecule has 2 aromatic carbocycles. The van der Waals surface area contributed by atoms with E-state index in [1.54, 1.807) is 31.4 Å². The quantitative estimate of drug-likeness (QED) is 0.855. The van der Waals surface area contributed by atoms with Crippen molar-refractivity contribution in [2.24, 2.45) is 0 Å². The van der Waals surface area contributed by atoms with Crippen molar-refractivity contribution in [1.29, 1.82) is 0 Å². The lowest BCUT2D eigenvalue weighted by Crippen LogP contribution is -2.00. The average molecular weight is 256 g/mol. The van der Waals surface area contributed by atoms with E-state index in [-0.39, 0.29) is 5.78 Å². The molecular formula is C16H16O3. The molecule has 0 saturated carbocycles. The lowest BCUT2D eigenvalue weighted by molar-refractivity contribution is 0.101. The molecule has 0 amide bonds. The third-order valence-corrected chi connectivity index (χ3v) is 3.06. The van der Waals surface area contributed by atoms with E-state index in [1.807, 2.05) is 24.3 Å². The maximum absolute atomic E-state index is 11.2. The smallest absolute Gasteiger partial charge is 0.159 e. The van der Waals surface area contributed by atoms with Crippen LogP contribution in [0.2, 0.25) is 0 Å². The molecule has 0 fully saturated rings. The zero-order valence-corrected chi connectivity index (χ0v) is 11.0. The molecule has 0 aliphatic carbocycles. The van der Waals surface area contributed by atoms with Gasteiger partial charge in [0.05, 0.1) is 7.11 Å². The van der Waals surface area contributed by atoms with Crippen LogP contribution >= 0.6 is 0 Å². The second-order valence-electron chi connectivity index (χ2n) is 4.35. The van der Waals surface area contributed by atoms with Crippen molar-refractivity contribution in [2.45, 2.75) is 13.0 Å². The molecular weight excluding hydrogens is 240 g/mol. The highest BCUT2D eigenvalue weighted by atomic mass is 16.5. The highest BCUT2D eigenvalue weighted by Crippen LogP contribution is 2.24. The van der Waals surface area contributed by atoms with Crippen molar-refractivity contribution in [3.63, 3.8) is 0 Å². The third kappa shape index (κ3) is 3.01. The molecule has 2 rings (SSSR count). The predicted octanol–water partition coefficient (Wildman–Crippen LogP) is 2.98. The van der Waals surface area contributed by atoms with Gasteiger partial charge in [0.1, 0.15) is 11.9 Å². The van der Waals surface area contributed by atoms with E-state index in [2.05, 4.69) is 0 Å². The largest absolute Gasteiger partial charge is 0.497 e. The van der Waals surface area contributed by atoms with E-state index in [1.165, 1.54) is 6.92 Å². The molecule has 0 spiro atoms. The number of ketones is 1. The van der Waals surface area contributed by atoms with Crippen LogP contribution in [0.5, 0.6) is 5.75 Å². The number of hydrogen-bond donors (Lipinski definition) is 1. The van der Waals surface area contributed by atoms with Crippen LogP contribution in [0.3, 0.4) is 0 Å². The summed E-state index contributed by atoms with van der Waals surface area (Å²) in [6.07, 6.45) is -0.702. The monoisotopic (exact) mass is 256 g/mol. The molecule has 0 saturated heterocycles. The average Bonchev–Trinajstić information content (AvgIpc) is 2.46. The number of aliphatic hydroxyl groups is 1. The first kappa shape index (κ1) is 13.3. The van der Waals surface area contributed by atoms with Crippen LogP contribution in [0.25, 0.3) is 0 Å². The Morgan fingerprint density at radius 3 is 1.89 bits per heavy atom. The summed E-state index contributed by atoms with van der Waals surface area (Å²) in [5.74, 6) is 0.772. The number of aliphatic hydroxyl groups excluding tert-OH is 1. The van der Waals surface area contributed by atoms with Gasteiger partial charge in [0.25, 0.3) is 0 Å². The van der Waals surface area contributed by atoms with Gasteiger partial charge in [-0.2, -0.15) is 0 Å². The molecule has 3 heteroatoms. The summed E-state index contributed by atoms with van der Waals surface area (Å²) < 4.78 is 5.08. The summed E-state index contributed by atoms with van der Waals surface area (Å²) in [6, 6.07) is 14.3. The summed E-state index contributed by atoms with van der Waals surface area (Å²) in [5, 5.41) is 10.3. The molecule has 1 unspecified atom stereocenters. The van der Waals surface area contributed by atoms with Crippen LogP contribution < -0.4 is 4.74 Å². The molecule has 19 heavy (non-hydrogen) atoms. The molecule has 1 N–H and O–H groups in total. The van der Waals surface area contributed by atoms with Crippen LogP contribution in [0.4, 0.5) is 0 Å². The van der Waals surface area contributed by atoms with Crippen molar-refractivity contribution in [3.8, 4) is 5.75 Å². The summed E-state index contributed by atoms with van der Waals surface area (Å²) >= 11 is 0. The highest BCUT2D eigenvalue weighted by Gasteiger charge is 2.10. The molecule has 0 heterocycles. The van der Waals surface area contributed by atoms with Crippen molar-refractivity contribution in [2.75, 3.05) is 7.11 Å². The maximum Gasteiger partial charge on any atom is 0.159 e. The van der Waals surface area contributed by atoms with Gasteiger partial charge in [0.15, 0.2) is 5.78 Å². The fourth-order valence-electron chi connectivity index (χ4n) is 1.88. The summed E-state index contributed by atoms with van der Waals surface area (Å²) in [6.45, 7) is 1.52. The van der Waals surface area contributed by atoms with Gasteiger partial charge in [-0.05, 0) is 30.2 Å². The SMILES string of the molecule is COc1ccc(C(O)c2ccc(C(C)=O)cc2)cc1. The molecule has 0 aromatic heterocycles. The van der Waals surface area contributed by atoms with Gasteiger partial charge >= 0.3 is 0 Å². The van der Waals surface area contributed by atoms with Gasteiger partial charge in [0, 0.05) is 5.56 Å². The van der Waals surface area contributed by atoms with E-state index in [0.29, 0.717) is 5.56 Å². The van der Waals surface area contributed by atoms with Crippen LogP contribution in [-0.4, -0.2) is 18.0 Å². The van der Waals surface area contributed by atoms with Crippen LogP contribution in [-0.2, 0) is 0 Å². The Bertz CT molecular complexity index is 556. The van der Waals surface area contributed by atoms with Crippen molar-refractivity contribution in [3.05, 3.63) is 65.2 Å². The standard InChI is InChI=1S/C16H16O3/c1-11(17)12-3-5-13(6-4-12)16(18)14-7-9-15(19-2)10-8-14/h3-10,16,18H,1-2H3. The number of methoxy groups -OCH3 is 1. The number of carbonyl (C=O) groups excluding carboxylic acids is 1. The number of benzene rings is 2. The van der Waals surface area contributed by atoms with Crippen molar-refractivity contribution >= 4 is 5.78 Å². The molecule has 0 aliphatic rings. The van der Waals surface area contributed by atoms with E-state index < -0.39 is 6.10 Å². The molecule has 0 radical (unpaired) electrons. The van der Waals surface area contributed by atoms with E-state index in [9.17, 15) is 9.90 Å². The first-order valence-electron chi connectivity index (χ1n) is 6.04. The summed E-state index contributed by atoms with van der Waals surface area (Å²) in [4.78, 5) is 11.2. The molecule has 1 atom stereocenters. The Labute approximate surface area is 112 Å². The van der Waals surface area contributed by atoms with Gasteiger partial charge in [-0.25, -0.2) is 0 Å². The lowest BCUT2D eigenvalue weighted by atomic mass is 9.99. The van der Waals surface area contributed by atoms with E-state index in [4.69, 9.17) is 4.74 Å². The number of rotatable bonds is 4. The van der Waals surface area contributed by atoms with Crippen molar-refractivity contribution in [1.82, 2.24) is 0 Å². The predicted molar refractivity (Wildman–Crippen MR) is 73.5 cm³/mol. The zero-order chi connectivity index (χ0) is 13.8. The Morgan fingerprint density at radius 2 is 1.47 bits per heavy atom. The van der Waals surface area contributed by atoms with Gasteiger partial charge in [-0.15, -0.1) is 0 Å². The van der Waals surface area contributed by atoms with Gasteiger partial charge < -0.3 is 9.84 Å². The first-order chi connectivity index (χ1) is 9.11. The second kappa shape index (κ2) is 5.67. The third-order valence-electron chi connectivity index (χ3n) is 3.06. The Morgan fingerprint density at radius 1 is 1.00 bits per heavy atom. The molecule has 2 aromatic rings. The fourth-order valence-corrected chi connectivity index (χ4v) is 1.88.